The molecule has 2 atom stereocenters. The van der Waals surface area contributed by atoms with Crippen molar-refractivity contribution < 1.29 is 13.2 Å². The first-order valence-corrected chi connectivity index (χ1v) is 8.39. The lowest BCUT2D eigenvalue weighted by atomic mass is 9.86. The van der Waals surface area contributed by atoms with Crippen LogP contribution in [0, 0.1) is 11.8 Å². The van der Waals surface area contributed by atoms with Crippen LogP contribution in [0.4, 0.5) is 0 Å². The zero-order valence-electron chi connectivity index (χ0n) is 11.2. The topological polar surface area (TPSA) is 69.4 Å². The third-order valence-electron chi connectivity index (χ3n) is 3.89. The number of benzene rings is 1. The maximum Gasteiger partial charge on any atom is 0.150 e. The number of sulfone groups is 1. The Morgan fingerprint density at radius 3 is 2.53 bits per heavy atom. The van der Waals surface area contributed by atoms with Crippen LogP contribution in [0.25, 0.3) is 0 Å². The van der Waals surface area contributed by atoms with Gasteiger partial charge < -0.3 is 10.5 Å². The van der Waals surface area contributed by atoms with E-state index in [1.165, 1.54) is 5.56 Å². The van der Waals surface area contributed by atoms with E-state index in [-0.39, 0.29) is 11.8 Å². The molecule has 0 bridgehead atoms. The van der Waals surface area contributed by atoms with E-state index in [1.54, 1.807) is 7.11 Å². The third kappa shape index (κ3) is 3.70. The molecule has 0 spiro atoms. The number of hydrogen-bond acceptors (Lipinski definition) is 4. The highest BCUT2D eigenvalue weighted by atomic mass is 32.2. The van der Waals surface area contributed by atoms with Gasteiger partial charge in [-0.15, -0.1) is 0 Å². The summed E-state index contributed by atoms with van der Waals surface area (Å²) in [6, 6.07) is 7.89. The van der Waals surface area contributed by atoms with Gasteiger partial charge in [-0.25, -0.2) is 8.42 Å². The first-order valence-electron chi connectivity index (χ1n) is 6.57. The lowest BCUT2D eigenvalue weighted by molar-refractivity contribution is 0.370. The van der Waals surface area contributed by atoms with Gasteiger partial charge >= 0.3 is 0 Å². The van der Waals surface area contributed by atoms with Gasteiger partial charge in [-0.05, 0) is 48.9 Å². The highest BCUT2D eigenvalue weighted by Gasteiger charge is 2.32. The fraction of sp³-hybridized carbons (Fsp3) is 0.571. The molecule has 106 valence electrons. The largest absolute Gasteiger partial charge is 0.497 e. The molecular formula is C14H21NO3S. The molecule has 1 saturated heterocycles. The van der Waals surface area contributed by atoms with E-state index in [2.05, 4.69) is 0 Å². The molecule has 0 saturated carbocycles. The average molecular weight is 283 g/mol. The Balaban J connectivity index is 2.02. The van der Waals surface area contributed by atoms with Crippen LogP contribution in [0.3, 0.4) is 0 Å². The summed E-state index contributed by atoms with van der Waals surface area (Å²) in [7, 11) is -1.19. The Bertz CT molecular complexity index is 510. The van der Waals surface area contributed by atoms with Crippen molar-refractivity contribution in [3.8, 4) is 5.75 Å². The molecule has 0 amide bonds. The van der Waals surface area contributed by atoms with E-state index < -0.39 is 9.84 Å². The fourth-order valence-corrected chi connectivity index (χ4v) is 4.62. The van der Waals surface area contributed by atoms with E-state index in [1.807, 2.05) is 24.3 Å². The Morgan fingerprint density at radius 1 is 1.37 bits per heavy atom. The van der Waals surface area contributed by atoms with Crippen molar-refractivity contribution in [3.63, 3.8) is 0 Å². The van der Waals surface area contributed by atoms with Crippen molar-refractivity contribution in [1.29, 1.82) is 0 Å². The van der Waals surface area contributed by atoms with Crippen molar-refractivity contribution in [2.24, 2.45) is 17.6 Å². The van der Waals surface area contributed by atoms with Crippen molar-refractivity contribution in [2.75, 3.05) is 25.2 Å². The van der Waals surface area contributed by atoms with Gasteiger partial charge in [0.1, 0.15) is 5.75 Å². The highest BCUT2D eigenvalue weighted by Crippen LogP contribution is 2.28. The maximum absolute atomic E-state index is 11.5. The quantitative estimate of drug-likeness (QED) is 0.883. The summed E-state index contributed by atoms with van der Waals surface area (Å²) in [5, 5.41) is 0. The Labute approximate surface area is 114 Å². The molecule has 4 nitrogen and oxygen atoms in total. The Kier molecular flexibility index (Phi) is 4.47. The van der Waals surface area contributed by atoms with Gasteiger partial charge in [0, 0.05) is 0 Å². The van der Waals surface area contributed by atoms with E-state index in [9.17, 15) is 8.42 Å². The summed E-state index contributed by atoms with van der Waals surface area (Å²) >= 11 is 0. The first-order chi connectivity index (χ1) is 9.04. The molecule has 1 aliphatic rings. The second-order valence-corrected chi connectivity index (χ2v) is 7.44. The van der Waals surface area contributed by atoms with Gasteiger partial charge in [-0.2, -0.15) is 0 Å². The molecule has 0 radical (unpaired) electrons. The molecular weight excluding hydrogens is 262 g/mol. The first kappa shape index (κ1) is 14.3. The normalized spacial score (nSPS) is 23.2. The van der Waals surface area contributed by atoms with Gasteiger partial charge in [0.15, 0.2) is 9.84 Å². The minimum absolute atomic E-state index is 0.206. The molecule has 2 rings (SSSR count). The molecule has 19 heavy (non-hydrogen) atoms. The van der Waals surface area contributed by atoms with E-state index in [4.69, 9.17) is 10.5 Å². The van der Waals surface area contributed by atoms with E-state index >= 15 is 0 Å². The van der Waals surface area contributed by atoms with Gasteiger partial charge in [0.2, 0.25) is 0 Å². The number of hydrogen-bond donors (Lipinski definition) is 1. The van der Waals surface area contributed by atoms with Gasteiger partial charge in [-0.1, -0.05) is 12.1 Å². The summed E-state index contributed by atoms with van der Waals surface area (Å²) in [4.78, 5) is 0. The van der Waals surface area contributed by atoms with Crippen LogP contribution in [0.2, 0.25) is 0 Å². The number of methoxy groups -OCH3 is 1. The summed E-state index contributed by atoms with van der Waals surface area (Å²) in [5.41, 5.74) is 7.01. The Morgan fingerprint density at radius 2 is 2.05 bits per heavy atom. The minimum Gasteiger partial charge on any atom is -0.497 e. The molecule has 1 aromatic carbocycles. The van der Waals surface area contributed by atoms with Crippen LogP contribution in [-0.2, 0) is 16.3 Å². The Hall–Kier alpha value is -1.07. The van der Waals surface area contributed by atoms with Crippen LogP contribution in [0.5, 0.6) is 5.75 Å². The molecule has 1 heterocycles. The molecule has 2 N–H and O–H groups in total. The maximum atomic E-state index is 11.5. The van der Waals surface area contributed by atoms with Gasteiger partial charge in [-0.3, -0.25) is 0 Å². The summed E-state index contributed by atoms with van der Waals surface area (Å²) < 4.78 is 28.2. The molecule has 1 aliphatic heterocycles. The summed E-state index contributed by atoms with van der Waals surface area (Å²) in [5.74, 6) is 1.89. The highest BCUT2D eigenvalue weighted by molar-refractivity contribution is 7.91. The zero-order valence-corrected chi connectivity index (χ0v) is 12.0. The van der Waals surface area contributed by atoms with Crippen molar-refractivity contribution in [1.82, 2.24) is 0 Å². The van der Waals surface area contributed by atoms with Crippen molar-refractivity contribution in [2.45, 2.75) is 12.8 Å². The second kappa shape index (κ2) is 5.92. The van der Waals surface area contributed by atoms with Crippen molar-refractivity contribution >= 4 is 9.84 Å². The molecule has 1 aromatic rings. The second-order valence-electron chi connectivity index (χ2n) is 5.21. The monoisotopic (exact) mass is 283 g/mol. The summed E-state index contributed by atoms with van der Waals surface area (Å²) in [6.07, 6.45) is 1.58. The van der Waals surface area contributed by atoms with E-state index in [0.29, 0.717) is 18.1 Å². The minimum atomic E-state index is -2.83. The van der Waals surface area contributed by atoms with Gasteiger partial charge in [0.05, 0.1) is 18.6 Å². The predicted molar refractivity (Wildman–Crippen MR) is 76.0 cm³/mol. The predicted octanol–water partition coefficient (Wildman–Crippen LogP) is 1.25. The molecule has 0 aliphatic carbocycles. The average Bonchev–Trinajstić information content (AvgIpc) is 2.77. The lowest BCUT2D eigenvalue weighted by Gasteiger charge is -2.20. The molecule has 2 unspecified atom stereocenters. The molecule has 5 heteroatoms. The molecule has 0 aromatic heterocycles. The molecule has 1 fully saturated rings. The van der Waals surface area contributed by atoms with Crippen LogP contribution in [0.1, 0.15) is 12.0 Å². The number of rotatable bonds is 5. The van der Waals surface area contributed by atoms with Crippen LogP contribution in [-0.4, -0.2) is 33.6 Å². The van der Waals surface area contributed by atoms with Gasteiger partial charge in [0.25, 0.3) is 0 Å². The lowest BCUT2D eigenvalue weighted by Crippen LogP contribution is -2.26. The number of nitrogens with two attached hydrogens (primary N) is 1. The standard InChI is InChI=1S/C14H21NO3S/c1-18-14-4-2-11(3-5-14)8-13(9-15)12-6-7-19(16,17)10-12/h2-5,12-13H,6-10,15H2,1H3. The fourth-order valence-electron chi connectivity index (χ4n) is 2.70. The SMILES string of the molecule is COc1ccc(CC(CN)C2CCS(=O)(=O)C2)cc1. The van der Waals surface area contributed by atoms with Crippen LogP contribution in [0.15, 0.2) is 24.3 Å². The van der Waals surface area contributed by atoms with Crippen LogP contribution < -0.4 is 10.5 Å². The van der Waals surface area contributed by atoms with Crippen LogP contribution >= 0.6 is 0 Å². The zero-order chi connectivity index (χ0) is 13.9. The third-order valence-corrected chi connectivity index (χ3v) is 5.69. The number of ether oxygens (including phenoxy) is 1. The summed E-state index contributed by atoms with van der Waals surface area (Å²) in [6.45, 7) is 0.534. The van der Waals surface area contributed by atoms with E-state index in [0.717, 1.165) is 18.6 Å². The smallest absolute Gasteiger partial charge is 0.150 e. The van der Waals surface area contributed by atoms with Crippen molar-refractivity contribution in [3.05, 3.63) is 29.8 Å².